The second kappa shape index (κ2) is 8.41. The van der Waals surface area contributed by atoms with Gasteiger partial charge in [0.15, 0.2) is 0 Å². The molecule has 0 saturated carbocycles. The van der Waals surface area contributed by atoms with Gasteiger partial charge in [-0.15, -0.1) is 11.3 Å². The van der Waals surface area contributed by atoms with Crippen molar-refractivity contribution in [1.82, 2.24) is 9.29 Å². The van der Waals surface area contributed by atoms with Crippen LogP contribution in [0.15, 0.2) is 34.7 Å². The SMILES string of the molecule is Cc1ccc(S(=O)(=O)N2CCCC2C(=O)Nc2ccc(N3CCCCC3)cn2)s1. The zero-order chi connectivity index (χ0) is 20.4. The predicted molar refractivity (Wildman–Crippen MR) is 115 cm³/mol. The molecular formula is C20H26N4O3S2. The van der Waals surface area contributed by atoms with Crippen molar-refractivity contribution in [1.29, 1.82) is 0 Å². The van der Waals surface area contributed by atoms with Crippen LogP contribution in [0.4, 0.5) is 11.5 Å². The summed E-state index contributed by atoms with van der Waals surface area (Å²) < 4.78 is 27.6. The van der Waals surface area contributed by atoms with E-state index in [1.165, 1.54) is 34.9 Å². The molecule has 4 rings (SSSR count). The highest BCUT2D eigenvalue weighted by atomic mass is 32.2. The number of hydrogen-bond donors (Lipinski definition) is 1. The number of aromatic nitrogens is 1. The van der Waals surface area contributed by atoms with Crippen molar-refractivity contribution in [3.05, 3.63) is 35.3 Å². The summed E-state index contributed by atoms with van der Waals surface area (Å²) in [5.41, 5.74) is 1.06. The Morgan fingerprint density at radius 3 is 2.55 bits per heavy atom. The second-order valence-electron chi connectivity index (χ2n) is 7.58. The van der Waals surface area contributed by atoms with Crippen LogP contribution in [0.25, 0.3) is 0 Å². The summed E-state index contributed by atoms with van der Waals surface area (Å²) in [6, 6.07) is 6.45. The summed E-state index contributed by atoms with van der Waals surface area (Å²) in [5.74, 6) is 0.129. The van der Waals surface area contributed by atoms with Gasteiger partial charge in [0.25, 0.3) is 10.0 Å². The van der Waals surface area contributed by atoms with Crippen molar-refractivity contribution in [2.45, 2.75) is 49.3 Å². The lowest BCUT2D eigenvalue weighted by Crippen LogP contribution is -2.43. The largest absolute Gasteiger partial charge is 0.370 e. The molecule has 0 radical (unpaired) electrons. The van der Waals surface area contributed by atoms with Gasteiger partial charge in [0.2, 0.25) is 5.91 Å². The maximum absolute atomic E-state index is 13.0. The van der Waals surface area contributed by atoms with Crippen LogP contribution in [0.5, 0.6) is 0 Å². The first-order valence-corrected chi connectivity index (χ1v) is 12.3. The van der Waals surface area contributed by atoms with E-state index in [0.717, 1.165) is 23.7 Å². The van der Waals surface area contributed by atoms with Crippen molar-refractivity contribution in [3.63, 3.8) is 0 Å². The van der Waals surface area contributed by atoms with Crippen LogP contribution in [0.3, 0.4) is 0 Å². The predicted octanol–water partition coefficient (Wildman–Crippen LogP) is 3.23. The topological polar surface area (TPSA) is 82.6 Å². The van der Waals surface area contributed by atoms with Gasteiger partial charge in [0, 0.05) is 24.5 Å². The minimum atomic E-state index is -3.66. The first-order chi connectivity index (χ1) is 13.9. The Morgan fingerprint density at radius 1 is 1.10 bits per heavy atom. The smallest absolute Gasteiger partial charge is 0.253 e. The molecule has 2 fully saturated rings. The number of carbonyl (C=O) groups is 1. The number of anilines is 2. The van der Waals surface area contributed by atoms with Gasteiger partial charge >= 0.3 is 0 Å². The molecule has 1 unspecified atom stereocenters. The maximum atomic E-state index is 13.0. The van der Waals surface area contributed by atoms with Gasteiger partial charge in [-0.2, -0.15) is 4.31 Å². The van der Waals surface area contributed by atoms with Crippen molar-refractivity contribution >= 4 is 38.8 Å². The molecular weight excluding hydrogens is 408 g/mol. The summed E-state index contributed by atoms with van der Waals surface area (Å²) in [6.07, 6.45) is 6.61. The van der Waals surface area contributed by atoms with Crippen molar-refractivity contribution < 1.29 is 13.2 Å². The standard InChI is InChI=1S/C20H26N4O3S2/c1-15-7-10-19(28-15)29(26,27)24-13-5-6-17(24)20(25)22-18-9-8-16(14-21-18)23-11-3-2-4-12-23/h7-10,14,17H,2-6,11-13H2,1H3,(H,21,22,25). The van der Waals surface area contributed by atoms with Gasteiger partial charge in [-0.3, -0.25) is 4.79 Å². The first-order valence-electron chi connectivity index (χ1n) is 10.1. The highest BCUT2D eigenvalue weighted by Gasteiger charge is 2.40. The molecule has 0 aromatic carbocycles. The lowest BCUT2D eigenvalue weighted by atomic mass is 10.1. The molecule has 7 nitrogen and oxygen atoms in total. The fraction of sp³-hybridized carbons (Fsp3) is 0.500. The van der Waals surface area contributed by atoms with Crippen LogP contribution < -0.4 is 10.2 Å². The molecule has 2 aromatic rings. The molecule has 2 saturated heterocycles. The maximum Gasteiger partial charge on any atom is 0.253 e. The summed E-state index contributed by atoms with van der Waals surface area (Å²) in [7, 11) is -3.66. The number of thiophene rings is 1. The average Bonchev–Trinajstić information content (AvgIpc) is 3.39. The third-order valence-corrected chi connectivity index (χ3v) is 8.88. The van der Waals surface area contributed by atoms with E-state index >= 15 is 0 Å². The van der Waals surface area contributed by atoms with Gasteiger partial charge in [-0.25, -0.2) is 13.4 Å². The lowest BCUT2D eigenvalue weighted by molar-refractivity contribution is -0.119. The number of piperidine rings is 1. The monoisotopic (exact) mass is 434 g/mol. The van der Waals surface area contributed by atoms with Crippen LogP contribution in [-0.2, 0) is 14.8 Å². The number of pyridine rings is 1. The fourth-order valence-electron chi connectivity index (χ4n) is 3.96. The zero-order valence-electron chi connectivity index (χ0n) is 16.5. The molecule has 29 heavy (non-hydrogen) atoms. The Bertz CT molecular complexity index is 966. The number of nitrogens with zero attached hydrogens (tertiary/aromatic N) is 3. The zero-order valence-corrected chi connectivity index (χ0v) is 18.1. The Labute approximate surface area is 175 Å². The summed E-state index contributed by atoms with van der Waals surface area (Å²) in [4.78, 5) is 20.4. The third kappa shape index (κ3) is 4.31. The van der Waals surface area contributed by atoms with Crippen molar-refractivity contribution in [3.8, 4) is 0 Å². The van der Waals surface area contributed by atoms with Crippen molar-refractivity contribution in [2.24, 2.45) is 0 Å². The third-order valence-electron chi connectivity index (χ3n) is 5.51. The minimum absolute atomic E-state index is 0.290. The van der Waals surface area contributed by atoms with Crippen LogP contribution in [0, 0.1) is 6.92 Å². The first kappa shape index (κ1) is 20.3. The van der Waals surface area contributed by atoms with Gasteiger partial charge in [-0.1, -0.05) is 0 Å². The van der Waals surface area contributed by atoms with E-state index in [2.05, 4.69) is 15.2 Å². The van der Waals surface area contributed by atoms with Gasteiger partial charge in [0.1, 0.15) is 16.1 Å². The number of hydrogen-bond acceptors (Lipinski definition) is 6. The van der Waals surface area contributed by atoms with E-state index in [9.17, 15) is 13.2 Å². The number of nitrogens with one attached hydrogen (secondary N) is 1. The van der Waals surface area contributed by atoms with Gasteiger partial charge in [0.05, 0.1) is 11.9 Å². The molecule has 2 aliphatic rings. The van der Waals surface area contributed by atoms with Crippen LogP contribution >= 0.6 is 11.3 Å². The molecule has 1 N–H and O–H groups in total. The number of rotatable bonds is 5. The van der Waals surface area contributed by atoms with Gasteiger partial charge < -0.3 is 10.2 Å². The highest BCUT2D eigenvalue weighted by Crippen LogP contribution is 2.30. The molecule has 2 aromatic heterocycles. The molecule has 9 heteroatoms. The lowest BCUT2D eigenvalue weighted by Gasteiger charge is -2.28. The number of carbonyl (C=O) groups excluding carboxylic acids is 1. The molecule has 1 amide bonds. The average molecular weight is 435 g/mol. The Kier molecular flexibility index (Phi) is 5.89. The molecule has 0 spiro atoms. The van der Waals surface area contributed by atoms with E-state index in [1.54, 1.807) is 24.4 Å². The molecule has 0 bridgehead atoms. The second-order valence-corrected chi connectivity index (χ2v) is 11.0. The van der Waals surface area contributed by atoms with Gasteiger partial charge in [-0.05, 0) is 63.3 Å². The summed E-state index contributed by atoms with van der Waals surface area (Å²) >= 11 is 1.24. The summed E-state index contributed by atoms with van der Waals surface area (Å²) in [5, 5.41) is 2.80. The van der Waals surface area contributed by atoms with Crippen LogP contribution in [-0.4, -0.2) is 49.3 Å². The Morgan fingerprint density at radius 2 is 1.90 bits per heavy atom. The van der Waals surface area contributed by atoms with E-state index in [4.69, 9.17) is 0 Å². The number of amides is 1. The van der Waals surface area contributed by atoms with E-state index in [-0.39, 0.29) is 5.91 Å². The van der Waals surface area contributed by atoms with E-state index in [0.29, 0.717) is 29.4 Å². The quantitative estimate of drug-likeness (QED) is 0.781. The molecule has 156 valence electrons. The fourth-order valence-corrected chi connectivity index (χ4v) is 7.03. The highest BCUT2D eigenvalue weighted by molar-refractivity contribution is 7.91. The number of sulfonamides is 1. The van der Waals surface area contributed by atoms with Crippen LogP contribution in [0.1, 0.15) is 37.0 Å². The minimum Gasteiger partial charge on any atom is -0.370 e. The van der Waals surface area contributed by atoms with Crippen LogP contribution in [0.2, 0.25) is 0 Å². The van der Waals surface area contributed by atoms with E-state index in [1.807, 2.05) is 13.0 Å². The Hall–Kier alpha value is -1.97. The number of aryl methyl sites for hydroxylation is 1. The normalized spacial score (nSPS) is 20.7. The molecule has 2 aliphatic heterocycles. The molecule has 4 heterocycles. The van der Waals surface area contributed by atoms with Crippen molar-refractivity contribution in [2.75, 3.05) is 29.9 Å². The van der Waals surface area contributed by atoms with E-state index < -0.39 is 16.1 Å². The summed E-state index contributed by atoms with van der Waals surface area (Å²) in [6.45, 7) is 4.30. The molecule has 1 atom stereocenters. The Balaban J connectivity index is 1.44. The molecule has 0 aliphatic carbocycles.